The van der Waals surface area contributed by atoms with Crippen LogP contribution in [0, 0.1) is 47.3 Å². The molecule has 0 aromatic carbocycles. The zero-order valence-electron chi connectivity index (χ0n) is 17.0. The van der Waals surface area contributed by atoms with Gasteiger partial charge in [-0.05, 0) is 85.9 Å². The standard InChI is InChI=1S/C18H30O4S4.2Na/c19-25(20)9-17-13-3-1-11(5-13)15(17)7-23-24-8-16-12-2-4-14(6-12)18(16)10-26(21)22;;/h11-18H,1-10H2,(H,19,20)(H,21,22);;/q;2*+1/p-1/t11-,12-,13+,14+,15-,16-,17-,18?;;/m0../s1. The van der Waals surface area contributed by atoms with E-state index < -0.39 is 22.2 Å². The second-order valence-corrected chi connectivity index (χ2v) is 13.3. The van der Waals surface area contributed by atoms with Gasteiger partial charge in [-0.15, -0.1) is 0 Å². The van der Waals surface area contributed by atoms with Gasteiger partial charge in [0.05, 0.1) is 5.75 Å². The summed E-state index contributed by atoms with van der Waals surface area (Å²) in [6.07, 6.45) is 7.58. The van der Waals surface area contributed by atoms with Crippen molar-refractivity contribution in [2.24, 2.45) is 47.3 Å². The molecule has 4 fully saturated rings. The summed E-state index contributed by atoms with van der Waals surface area (Å²) in [5, 5.41) is 0. The van der Waals surface area contributed by atoms with Gasteiger partial charge in [-0.25, -0.2) is 4.21 Å². The first kappa shape index (κ1) is 27.2. The van der Waals surface area contributed by atoms with E-state index in [0.717, 1.165) is 23.3 Å². The molecule has 0 spiro atoms. The third-order valence-corrected chi connectivity index (χ3v) is 11.7. The van der Waals surface area contributed by atoms with Crippen molar-refractivity contribution < 1.29 is 76.6 Å². The molecule has 0 saturated heterocycles. The Morgan fingerprint density at radius 2 is 1.14 bits per heavy atom. The molecule has 28 heavy (non-hydrogen) atoms. The summed E-state index contributed by atoms with van der Waals surface area (Å²) in [7, 11) is 3.87. The van der Waals surface area contributed by atoms with Crippen LogP contribution >= 0.6 is 21.6 Å². The van der Waals surface area contributed by atoms with Gasteiger partial charge in [-0.2, -0.15) is 0 Å². The largest absolute Gasteiger partial charge is 1.00 e. The number of fused-ring (bicyclic) bond motifs is 4. The molecule has 150 valence electrons. The molecule has 4 saturated carbocycles. The molecule has 0 amide bonds. The number of hydrogen-bond donors (Lipinski definition) is 1. The molecule has 4 bridgehead atoms. The van der Waals surface area contributed by atoms with E-state index in [0.29, 0.717) is 47.0 Å². The van der Waals surface area contributed by atoms with Crippen molar-refractivity contribution >= 4 is 43.7 Å². The minimum absolute atomic E-state index is 0. The van der Waals surface area contributed by atoms with Gasteiger partial charge >= 0.3 is 59.1 Å². The quantitative estimate of drug-likeness (QED) is 0.174. The molecule has 0 radical (unpaired) electrons. The van der Waals surface area contributed by atoms with Crippen molar-refractivity contribution in [2.45, 2.75) is 38.5 Å². The molecular weight excluding hydrogens is 454 g/mol. The first-order chi connectivity index (χ1) is 12.5. The summed E-state index contributed by atoms with van der Waals surface area (Å²) in [5.41, 5.74) is 0. The Labute approximate surface area is 226 Å². The van der Waals surface area contributed by atoms with Crippen LogP contribution in [-0.4, -0.2) is 40.5 Å². The molecule has 4 aliphatic rings. The molecule has 10 atom stereocenters. The van der Waals surface area contributed by atoms with E-state index in [-0.39, 0.29) is 59.1 Å². The van der Waals surface area contributed by atoms with Crippen molar-refractivity contribution in [1.29, 1.82) is 0 Å². The predicted octanol–water partition coefficient (Wildman–Crippen LogP) is -2.20. The number of hydrogen-bond acceptors (Lipinski definition) is 5. The van der Waals surface area contributed by atoms with E-state index in [1.54, 1.807) is 0 Å². The Morgan fingerprint density at radius 3 is 1.54 bits per heavy atom. The molecule has 4 rings (SSSR count). The molecule has 3 unspecified atom stereocenters. The summed E-state index contributed by atoms with van der Waals surface area (Å²) < 4.78 is 43.1. The molecule has 4 aliphatic carbocycles. The maximum atomic E-state index is 11.3. The zero-order valence-corrected chi connectivity index (χ0v) is 24.3. The van der Waals surface area contributed by atoms with Crippen molar-refractivity contribution in [3.63, 3.8) is 0 Å². The van der Waals surface area contributed by atoms with E-state index in [4.69, 9.17) is 0 Å². The van der Waals surface area contributed by atoms with Crippen molar-refractivity contribution in [3.05, 3.63) is 0 Å². The minimum Gasteiger partial charge on any atom is -0.772 e. The van der Waals surface area contributed by atoms with Crippen LogP contribution in [0.25, 0.3) is 0 Å². The predicted molar refractivity (Wildman–Crippen MR) is 110 cm³/mol. The maximum Gasteiger partial charge on any atom is 1.00 e. The Balaban J connectivity index is 0.00000140. The Bertz CT molecular complexity index is 522. The zero-order chi connectivity index (χ0) is 18.3. The Morgan fingerprint density at radius 1 is 0.750 bits per heavy atom. The smallest absolute Gasteiger partial charge is 0.772 e. The van der Waals surface area contributed by atoms with Crippen LogP contribution in [0.4, 0.5) is 0 Å². The SMILES string of the molecule is O=S([O-])CC1[C@@H]2CC[C@@H](C2)[C@@H]1CSSC[C@H]1[C@H]2CC[C@H](C2)[C@@H]1CS(=O)O.[Na+].[Na+]. The van der Waals surface area contributed by atoms with Crippen LogP contribution in [0.1, 0.15) is 38.5 Å². The summed E-state index contributed by atoms with van der Waals surface area (Å²) in [4.78, 5) is 0. The monoisotopic (exact) mass is 483 g/mol. The third-order valence-electron chi connectivity index (χ3n) is 7.82. The van der Waals surface area contributed by atoms with Gasteiger partial charge < -0.3 is 9.11 Å². The normalized spacial score (nSPS) is 42.8. The molecular formula is C18H29Na2O4S4+. The average molecular weight is 484 g/mol. The Hall–Kier alpha value is 2.92. The van der Waals surface area contributed by atoms with Crippen molar-refractivity contribution in [3.8, 4) is 0 Å². The van der Waals surface area contributed by atoms with Gasteiger partial charge in [-0.1, -0.05) is 32.7 Å². The van der Waals surface area contributed by atoms with Gasteiger partial charge in [0.15, 0.2) is 11.1 Å². The van der Waals surface area contributed by atoms with E-state index >= 15 is 0 Å². The van der Waals surface area contributed by atoms with E-state index in [1.165, 1.54) is 38.5 Å². The fourth-order valence-electron chi connectivity index (χ4n) is 6.67. The molecule has 0 aromatic rings. The molecule has 0 aliphatic heterocycles. The van der Waals surface area contributed by atoms with E-state index in [1.807, 2.05) is 21.6 Å². The minimum atomic E-state index is -1.92. The topological polar surface area (TPSA) is 77.4 Å². The first-order valence-electron chi connectivity index (χ1n) is 9.90. The molecule has 0 heterocycles. The maximum absolute atomic E-state index is 11.3. The summed E-state index contributed by atoms with van der Waals surface area (Å²) in [5.74, 6) is 7.80. The average Bonchev–Trinajstić information content (AvgIpc) is 3.33. The van der Waals surface area contributed by atoms with Crippen molar-refractivity contribution in [2.75, 3.05) is 23.0 Å². The molecule has 1 N–H and O–H groups in total. The van der Waals surface area contributed by atoms with Crippen LogP contribution in [0.15, 0.2) is 0 Å². The van der Waals surface area contributed by atoms with Gasteiger partial charge in [0.1, 0.15) is 0 Å². The van der Waals surface area contributed by atoms with Crippen LogP contribution in [0.2, 0.25) is 0 Å². The second kappa shape index (κ2) is 12.4. The molecule has 4 nitrogen and oxygen atoms in total. The van der Waals surface area contributed by atoms with Gasteiger partial charge in [-0.3, -0.25) is 4.21 Å². The van der Waals surface area contributed by atoms with Crippen LogP contribution in [0.5, 0.6) is 0 Å². The fraction of sp³-hybridized carbons (Fsp3) is 1.00. The summed E-state index contributed by atoms with van der Waals surface area (Å²) in [6, 6.07) is 0. The second-order valence-electron chi connectivity index (χ2n) is 8.85. The molecule has 0 aromatic heterocycles. The third kappa shape index (κ3) is 6.28. The number of rotatable bonds is 9. The van der Waals surface area contributed by atoms with Gasteiger partial charge in [0.25, 0.3) is 0 Å². The Kier molecular flexibility index (Phi) is 12.0. The summed E-state index contributed by atoms with van der Waals surface area (Å²) in [6.45, 7) is 0. The summed E-state index contributed by atoms with van der Waals surface area (Å²) >= 11 is -3.59. The van der Waals surface area contributed by atoms with Crippen LogP contribution in [0.3, 0.4) is 0 Å². The van der Waals surface area contributed by atoms with Gasteiger partial charge in [0, 0.05) is 17.3 Å². The van der Waals surface area contributed by atoms with Crippen molar-refractivity contribution in [1.82, 2.24) is 0 Å². The van der Waals surface area contributed by atoms with Gasteiger partial charge in [0.2, 0.25) is 0 Å². The fourth-order valence-corrected chi connectivity index (χ4v) is 11.4. The van der Waals surface area contributed by atoms with Crippen LogP contribution in [-0.2, 0) is 22.2 Å². The van der Waals surface area contributed by atoms with Crippen LogP contribution < -0.4 is 59.1 Å². The van der Waals surface area contributed by atoms with E-state index in [2.05, 4.69) is 0 Å². The molecule has 10 heteroatoms. The first-order valence-corrected chi connectivity index (χ1v) is 14.9. The van der Waals surface area contributed by atoms with E-state index in [9.17, 15) is 17.5 Å².